The number of nitrogens with zero attached hydrogens (tertiary/aromatic N) is 3. The third kappa shape index (κ3) is 4.04. The van der Waals surface area contributed by atoms with Crippen LogP contribution in [0.3, 0.4) is 0 Å². The highest BCUT2D eigenvalue weighted by Gasteiger charge is 2.37. The van der Waals surface area contributed by atoms with Crippen LogP contribution in [0, 0.1) is 13.8 Å². The lowest BCUT2D eigenvalue weighted by atomic mass is 10.0. The van der Waals surface area contributed by atoms with Gasteiger partial charge in [-0.25, -0.2) is 8.42 Å². The maximum Gasteiger partial charge on any atom is 0.257 e. The first-order valence-electron chi connectivity index (χ1n) is 11.3. The van der Waals surface area contributed by atoms with E-state index in [-0.39, 0.29) is 29.6 Å². The van der Waals surface area contributed by atoms with Crippen LogP contribution < -0.4 is 5.32 Å². The minimum atomic E-state index is -3.03. The molecular formula is C25H28N4O3S. The Morgan fingerprint density at radius 1 is 1.06 bits per heavy atom. The molecule has 1 aromatic heterocycles. The molecule has 2 aliphatic rings. The Labute approximate surface area is 194 Å². The van der Waals surface area contributed by atoms with Gasteiger partial charge >= 0.3 is 0 Å². The molecule has 1 amide bonds. The van der Waals surface area contributed by atoms with Crippen molar-refractivity contribution in [2.24, 2.45) is 0 Å². The summed E-state index contributed by atoms with van der Waals surface area (Å²) in [6.45, 7) is 4.46. The smallest absolute Gasteiger partial charge is 0.257 e. The lowest BCUT2D eigenvalue weighted by Gasteiger charge is -2.38. The van der Waals surface area contributed by atoms with Crippen LogP contribution in [0.4, 0.5) is 5.69 Å². The Kier molecular flexibility index (Phi) is 5.48. The minimum Gasteiger partial charge on any atom is -0.361 e. The zero-order valence-corrected chi connectivity index (χ0v) is 19.7. The number of benzene rings is 2. The van der Waals surface area contributed by atoms with Crippen molar-refractivity contribution >= 4 is 21.4 Å². The molecule has 2 aliphatic heterocycles. The second-order valence-corrected chi connectivity index (χ2v) is 11.1. The van der Waals surface area contributed by atoms with Gasteiger partial charge in [-0.2, -0.15) is 5.10 Å². The number of amides is 1. The van der Waals surface area contributed by atoms with Gasteiger partial charge in [-0.15, -0.1) is 0 Å². The van der Waals surface area contributed by atoms with Crippen molar-refractivity contribution in [1.82, 2.24) is 14.7 Å². The SMILES string of the molecule is Cc1nn([C@H]2CCS(=O)(=O)C2)c(C)c1[C@H]1Nc2ccccc2C(=O)N1CCc1ccccc1. The molecule has 1 fully saturated rings. The maximum absolute atomic E-state index is 13.6. The summed E-state index contributed by atoms with van der Waals surface area (Å²) >= 11 is 0. The number of carbonyl (C=O) groups is 1. The summed E-state index contributed by atoms with van der Waals surface area (Å²) in [5, 5.41) is 8.31. The Bertz CT molecular complexity index is 1300. The molecule has 0 bridgehead atoms. The van der Waals surface area contributed by atoms with E-state index in [1.54, 1.807) is 0 Å². The third-order valence-electron chi connectivity index (χ3n) is 6.72. The zero-order chi connectivity index (χ0) is 23.2. The molecule has 8 heteroatoms. The normalized spacial score (nSPS) is 21.6. The lowest BCUT2D eigenvalue weighted by Crippen LogP contribution is -2.44. The van der Waals surface area contributed by atoms with E-state index >= 15 is 0 Å². The van der Waals surface area contributed by atoms with E-state index in [9.17, 15) is 13.2 Å². The molecule has 7 nitrogen and oxygen atoms in total. The molecule has 5 rings (SSSR count). The average Bonchev–Trinajstić information content (AvgIpc) is 3.31. The summed E-state index contributed by atoms with van der Waals surface area (Å²) < 4.78 is 26.0. The number of para-hydroxylation sites is 1. The van der Waals surface area contributed by atoms with Gasteiger partial charge in [-0.1, -0.05) is 42.5 Å². The summed E-state index contributed by atoms with van der Waals surface area (Å²) in [4.78, 5) is 15.4. The topological polar surface area (TPSA) is 84.3 Å². The van der Waals surface area contributed by atoms with Crippen molar-refractivity contribution in [2.45, 2.75) is 38.9 Å². The first-order chi connectivity index (χ1) is 15.8. The van der Waals surface area contributed by atoms with Crippen LogP contribution in [-0.2, 0) is 16.3 Å². The third-order valence-corrected chi connectivity index (χ3v) is 8.47. The zero-order valence-electron chi connectivity index (χ0n) is 18.9. The molecular weight excluding hydrogens is 436 g/mol. The number of hydrogen-bond acceptors (Lipinski definition) is 5. The molecule has 1 saturated heterocycles. The Balaban J connectivity index is 1.52. The first-order valence-corrected chi connectivity index (χ1v) is 13.1. The average molecular weight is 465 g/mol. The number of aryl methyl sites for hydroxylation is 1. The Hall–Kier alpha value is -3.13. The highest BCUT2D eigenvalue weighted by Crippen LogP contribution is 2.37. The van der Waals surface area contributed by atoms with Crippen molar-refractivity contribution in [3.05, 3.63) is 82.7 Å². The second kappa shape index (κ2) is 8.33. The minimum absolute atomic E-state index is 0.0136. The number of fused-ring (bicyclic) bond motifs is 1. The van der Waals surface area contributed by atoms with E-state index in [0.717, 1.165) is 29.1 Å². The van der Waals surface area contributed by atoms with E-state index in [0.29, 0.717) is 18.5 Å². The van der Waals surface area contributed by atoms with Gasteiger partial charge in [0.25, 0.3) is 5.91 Å². The Morgan fingerprint density at radius 2 is 1.79 bits per heavy atom. The van der Waals surface area contributed by atoms with Gasteiger partial charge in [0, 0.05) is 23.5 Å². The standard InChI is InChI=1S/C25H28N4O3S/c1-17-23(18(2)29(27-17)20-13-15-33(31,32)16-20)24-26-22-11-7-6-10-21(22)25(30)28(24)14-12-19-8-4-3-5-9-19/h3-11,20,24,26H,12-16H2,1-2H3/t20-,24-/m0/s1. The number of rotatable bonds is 5. The van der Waals surface area contributed by atoms with Gasteiger partial charge in [-0.3, -0.25) is 9.48 Å². The molecule has 0 unspecified atom stereocenters. The molecule has 2 aromatic carbocycles. The highest BCUT2D eigenvalue weighted by atomic mass is 32.2. The number of hydrogen-bond donors (Lipinski definition) is 1. The van der Waals surface area contributed by atoms with Crippen molar-refractivity contribution in [3.8, 4) is 0 Å². The maximum atomic E-state index is 13.6. The molecule has 0 aliphatic carbocycles. The van der Waals surface area contributed by atoms with Crippen molar-refractivity contribution in [2.75, 3.05) is 23.4 Å². The molecule has 0 saturated carbocycles. The fourth-order valence-electron chi connectivity index (χ4n) is 5.04. The van der Waals surface area contributed by atoms with E-state index in [2.05, 4.69) is 17.4 Å². The molecule has 0 radical (unpaired) electrons. The summed E-state index contributed by atoms with van der Waals surface area (Å²) in [6.07, 6.45) is 0.935. The van der Waals surface area contributed by atoms with E-state index in [1.165, 1.54) is 5.56 Å². The predicted octanol–water partition coefficient (Wildman–Crippen LogP) is 3.67. The molecule has 2 atom stereocenters. The van der Waals surface area contributed by atoms with Crippen molar-refractivity contribution < 1.29 is 13.2 Å². The van der Waals surface area contributed by atoms with E-state index < -0.39 is 9.84 Å². The molecule has 172 valence electrons. The van der Waals surface area contributed by atoms with Gasteiger partial charge in [0.05, 0.1) is 28.8 Å². The van der Waals surface area contributed by atoms with Crippen LogP contribution in [0.1, 0.15) is 51.5 Å². The van der Waals surface area contributed by atoms with Crippen LogP contribution in [0.2, 0.25) is 0 Å². The highest BCUT2D eigenvalue weighted by molar-refractivity contribution is 7.91. The fraction of sp³-hybridized carbons (Fsp3) is 0.360. The summed E-state index contributed by atoms with van der Waals surface area (Å²) in [6, 6.07) is 17.5. The Morgan fingerprint density at radius 3 is 2.52 bits per heavy atom. The van der Waals surface area contributed by atoms with Crippen LogP contribution in [-0.4, -0.2) is 47.1 Å². The molecule has 1 N–H and O–H groups in total. The van der Waals surface area contributed by atoms with Crippen LogP contribution >= 0.6 is 0 Å². The first kappa shape index (κ1) is 21.7. The quantitative estimate of drug-likeness (QED) is 0.623. The number of nitrogens with one attached hydrogen (secondary N) is 1. The number of carbonyl (C=O) groups excluding carboxylic acids is 1. The lowest BCUT2D eigenvalue weighted by molar-refractivity contribution is 0.0684. The summed E-state index contributed by atoms with van der Waals surface area (Å²) in [5.74, 6) is 0.300. The van der Waals surface area contributed by atoms with E-state index in [4.69, 9.17) is 5.10 Å². The van der Waals surface area contributed by atoms with Crippen LogP contribution in [0.15, 0.2) is 54.6 Å². The van der Waals surface area contributed by atoms with Crippen molar-refractivity contribution in [1.29, 1.82) is 0 Å². The predicted molar refractivity (Wildman–Crippen MR) is 128 cm³/mol. The van der Waals surface area contributed by atoms with Crippen LogP contribution in [0.25, 0.3) is 0 Å². The summed E-state index contributed by atoms with van der Waals surface area (Å²) in [5.41, 5.74) is 5.29. The molecule has 3 heterocycles. The monoisotopic (exact) mass is 464 g/mol. The van der Waals surface area contributed by atoms with E-state index in [1.807, 2.05) is 65.9 Å². The molecule has 3 aromatic rings. The van der Waals surface area contributed by atoms with Crippen LogP contribution in [0.5, 0.6) is 0 Å². The number of aromatic nitrogens is 2. The molecule has 0 spiro atoms. The van der Waals surface area contributed by atoms with Crippen molar-refractivity contribution in [3.63, 3.8) is 0 Å². The number of anilines is 1. The van der Waals surface area contributed by atoms with Gasteiger partial charge < -0.3 is 10.2 Å². The largest absolute Gasteiger partial charge is 0.361 e. The summed E-state index contributed by atoms with van der Waals surface area (Å²) in [7, 11) is -3.03. The number of sulfone groups is 1. The van der Waals surface area contributed by atoms with Gasteiger partial charge in [0.15, 0.2) is 9.84 Å². The second-order valence-electron chi connectivity index (χ2n) is 8.91. The van der Waals surface area contributed by atoms with Gasteiger partial charge in [0.1, 0.15) is 6.17 Å². The van der Waals surface area contributed by atoms with Gasteiger partial charge in [-0.05, 0) is 44.4 Å². The molecule has 33 heavy (non-hydrogen) atoms. The van der Waals surface area contributed by atoms with Gasteiger partial charge in [0.2, 0.25) is 0 Å². The fourth-order valence-corrected chi connectivity index (χ4v) is 6.73.